The van der Waals surface area contributed by atoms with Crippen molar-refractivity contribution in [3.05, 3.63) is 35.6 Å². The molecule has 3 heterocycles. The van der Waals surface area contributed by atoms with E-state index in [9.17, 15) is 4.79 Å². The summed E-state index contributed by atoms with van der Waals surface area (Å²) in [7, 11) is 0. The predicted octanol–water partition coefficient (Wildman–Crippen LogP) is 1.84. The third kappa shape index (κ3) is 4.41. The summed E-state index contributed by atoms with van der Waals surface area (Å²) in [5, 5.41) is 6.98. The second-order valence-corrected chi connectivity index (χ2v) is 5.92. The zero-order chi connectivity index (χ0) is 16.1. The summed E-state index contributed by atoms with van der Waals surface area (Å²) in [5.41, 5.74) is 0. The van der Waals surface area contributed by atoms with Gasteiger partial charge in [0, 0.05) is 50.4 Å². The molecule has 7 nitrogen and oxygen atoms in total. The Kier molecular flexibility index (Phi) is 5.07. The minimum absolute atomic E-state index is 0.00326. The van der Waals surface area contributed by atoms with Gasteiger partial charge in [-0.1, -0.05) is 16.8 Å². The van der Waals surface area contributed by atoms with Crippen molar-refractivity contribution < 1.29 is 9.32 Å². The third-order valence-electron chi connectivity index (χ3n) is 3.79. The number of nitrogens with one attached hydrogen (secondary N) is 1. The molecule has 8 heteroatoms. The van der Waals surface area contributed by atoms with E-state index in [-0.39, 0.29) is 11.9 Å². The number of halogens is 1. The summed E-state index contributed by atoms with van der Waals surface area (Å²) in [6.07, 6.45) is 7.91. The molecule has 0 aromatic carbocycles. The van der Waals surface area contributed by atoms with Crippen LogP contribution in [0.1, 0.15) is 25.0 Å². The van der Waals surface area contributed by atoms with Crippen molar-refractivity contribution in [2.75, 3.05) is 18.0 Å². The molecule has 0 radical (unpaired) electrons. The first-order chi connectivity index (χ1) is 11.2. The van der Waals surface area contributed by atoms with Crippen LogP contribution in [0.25, 0.3) is 0 Å². The molecule has 1 aliphatic heterocycles. The number of carbonyl (C=O) groups excluding carboxylic acids is 1. The number of anilines is 1. The lowest BCUT2D eigenvalue weighted by Gasteiger charge is -2.33. The van der Waals surface area contributed by atoms with Crippen LogP contribution in [0.2, 0.25) is 5.15 Å². The van der Waals surface area contributed by atoms with E-state index in [1.807, 2.05) is 0 Å². The lowest BCUT2D eigenvalue weighted by molar-refractivity contribution is -0.121. The van der Waals surface area contributed by atoms with Crippen molar-refractivity contribution in [3.63, 3.8) is 0 Å². The van der Waals surface area contributed by atoms with Crippen LogP contribution in [0.4, 0.5) is 5.82 Å². The standard InChI is InChI=1S/C15H18ClN5O2/c16-13-8-12(23-20-13)3-4-15(22)19-11-2-1-7-21(10-11)14-9-17-5-6-18-14/h5-6,8-9,11H,1-4,7,10H2,(H,19,22)/t11-/m1/s1. The number of rotatable bonds is 5. The highest BCUT2D eigenvalue weighted by atomic mass is 35.5. The third-order valence-corrected chi connectivity index (χ3v) is 3.97. The number of aromatic nitrogens is 3. The van der Waals surface area contributed by atoms with Crippen LogP contribution >= 0.6 is 11.6 Å². The number of piperidine rings is 1. The van der Waals surface area contributed by atoms with E-state index in [4.69, 9.17) is 16.1 Å². The lowest BCUT2D eigenvalue weighted by atomic mass is 10.1. The van der Waals surface area contributed by atoms with Crippen LogP contribution in [0, 0.1) is 0 Å². The lowest BCUT2D eigenvalue weighted by Crippen LogP contribution is -2.48. The average Bonchev–Trinajstić information content (AvgIpc) is 3.00. The van der Waals surface area contributed by atoms with Gasteiger partial charge >= 0.3 is 0 Å². The SMILES string of the molecule is O=C(CCc1cc(Cl)no1)N[C@@H]1CCCN(c2cnccn2)C1. The maximum Gasteiger partial charge on any atom is 0.220 e. The van der Waals surface area contributed by atoms with Crippen LogP contribution in [0.3, 0.4) is 0 Å². The predicted molar refractivity (Wildman–Crippen MR) is 85.2 cm³/mol. The number of carbonyl (C=O) groups is 1. The van der Waals surface area contributed by atoms with Gasteiger partial charge in [0.2, 0.25) is 5.91 Å². The van der Waals surface area contributed by atoms with E-state index >= 15 is 0 Å². The molecule has 122 valence electrons. The number of hydrogen-bond donors (Lipinski definition) is 1. The van der Waals surface area contributed by atoms with Crippen LogP contribution in [0.15, 0.2) is 29.2 Å². The molecular formula is C15H18ClN5O2. The van der Waals surface area contributed by atoms with Crippen molar-refractivity contribution in [1.82, 2.24) is 20.4 Å². The normalized spacial score (nSPS) is 18.0. The molecular weight excluding hydrogens is 318 g/mol. The first-order valence-corrected chi connectivity index (χ1v) is 8.00. The molecule has 2 aromatic heterocycles. The van der Waals surface area contributed by atoms with Crippen LogP contribution in [-0.4, -0.2) is 40.2 Å². The highest BCUT2D eigenvalue weighted by molar-refractivity contribution is 6.29. The Labute approximate surface area is 139 Å². The smallest absolute Gasteiger partial charge is 0.220 e. The van der Waals surface area contributed by atoms with Gasteiger partial charge in [-0.05, 0) is 12.8 Å². The molecule has 23 heavy (non-hydrogen) atoms. The zero-order valence-corrected chi connectivity index (χ0v) is 13.4. The molecule has 1 amide bonds. The fraction of sp³-hybridized carbons (Fsp3) is 0.467. The minimum Gasteiger partial charge on any atom is -0.360 e. The number of amides is 1. The van der Waals surface area contributed by atoms with Crippen molar-refractivity contribution in [3.8, 4) is 0 Å². The first kappa shape index (κ1) is 15.7. The second-order valence-electron chi connectivity index (χ2n) is 5.53. The van der Waals surface area contributed by atoms with Gasteiger partial charge < -0.3 is 14.7 Å². The zero-order valence-electron chi connectivity index (χ0n) is 12.6. The van der Waals surface area contributed by atoms with Crippen molar-refractivity contribution in [1.29, 1.82) is 0 Å². The topological polar surface area (TPSA) is 84.2 Å². The number of aryl methyl sites for hydroxylation is 1. The summed E-state index contributed by atoms with van der Waals surface area (Å²) in [6, 6.07) is 1.75. The van der Waals surface area contributed by atoms with Crippen molar-refractivity contribution >= 4 is 23.3 Å². The molecule has 3 rings (SSSR count). The largest absolute Gasteiger partial charge is 0.360 e. The summed E-state index contributed by atoms with van der Waals surface area (Å²) in [6.45, 7) is 1.68. The molecule has 0 unspecified atom stereocenters. The summed E-state index contributed by atoms with van der Waals surface area (Å²) >= 11 is 5.68. The maximum atomic E-state index is 12.1. The van der Waals surface area contributed by atoms with Gasteiger partial charge in [-0.25, -0.2) is 4.98 Å². The molecule has 2 aromatic rings. The molecule has 0 aliphatic carbocycles. The summed E-state index contributed by atoms with van der Waals surface area (Å²) in [5.74, 6) is 1.47. The van der Waals surface area contributed by atoms with Gasteiger partial charge in [0.05, 0.1) is 6.20 Å². The average molecular weight is 336 g/mol. The number of nitrogens with zero attached hydrogens (tertiary/aromatic N) is 4. The van der Waals surface area contributed by atoms with Crippen molar-refractivity contribution in [2.45, 2.75) is 31.7 Å². The Hall–Kier alpha value is -2.15. The van der Waals surface area contributed by atoms with E-state index in [1.165, 1.54) is 0 Å². The molecule has 0 bridgehead atoms. The van der Waals surface area contributed by atoms with Gasteiger partial charge in [-0.3, -0.25) is 9.78 Å². The van der Waals surface area contributed by atoms with Crippen LogP contribution in [0.5, 0.6) is 0 Å². The van der Waals surface area contributed by atoms with E-state index in [0.717, 1.165) is 31.7 Å². The molecule has 1 saturated heterocycles. The Bertz CT molecular complexity index is 648. The molecule has 0 saturated carbocycles. The van der Waals surface area contributed by atoms with Gasteiger partial charge in [0.15, 0.2) is 5.15 Å². The monoisotopic (exact) mass is 335 g/mol. The van der Waals surface area contributed by atoms with Gasteiger partial charge in [0.25, 0.3) is 0 Å². The quantitative estimate of drug-likeness (QED) is 0.897. The van der Waals surface area contributed by atoms with Crippen LogP contribution in [-0.2, 0) is 11.2 Å². The Balaban J connectivity index is 1.48. The Morgan fingerprint density at radius 3 is 3.13 bits per heavy atom. The first-order valence-electron chi connectivity index (χ1n) is 7.62. The number of hydrogen-bond acceptors (Lipinski definition) is 6. The van der Waals surface area contributed by atoms with Gasteiger partial charge in [0.1, 0.15) is 11.6 Å². The fourth-order valence-corrected chi connectivity index (χ4v) is 2.86. The highest BCUT2D eigenvalue weighted by Gasteiger charge is 2.22. The van der Waals surface area contributed by atoms with E-state index < -0.39 is 0 Å². The minimum atomic E-state index is 0.00326. The molecule has 1 aliphatic rings. The fourth-order valence-electron chi connectivity index (χ4n) is 2.70. The maximum absolute atomic E-state index is 12.1. The van der Waals surface area contributed by atoms with E-state index in [2.05, 4.69) is 25.3 Å². The van der Waals surface area contributed by atoms with E-state index in [1.54, 1.807) is 24.7 Å². The summed E-state index contributed by atoms with van der Waals surface area (Å²) in [4.78, 5) is 22.6. The second kappa shape index (κ2) is 7.41. The van der Waals surface area contributed by atoms with Gasteiger partial charge in [-0.2, -0.15) is 0 Å². The highest BCUT2D eigenvalue weighted by Crippen LogP contribution is 2.17. The van der Waals surface area contributed by atoms with Crippen molar-refractivity contribution in [2.24, 2.45) is 0 Å². The Morgan fingerprint density at radius 2 is 2.39 bits per heavy atom. The summed E-state index contributed by atoms with van der Waals surface area (Å²) < 4.78 is 4.99. The van der Waals surface area contributed by atoms with E-state index in [0.29, 0.717) is 23.8 Å². The molecule has 0 spiro atoms. The van der Waals surface area contributed by atoms with Gasteiger partial charge in [-0.15, -0.1) is 0 Å². The molecule has 1 N–H and O–H groups in total. The molecule has 1 atom stereocenters. The van der Waals surface area contributed by atoms with Crippen LogP contribution < -0.4 is 10.2 Å². The molecule has 1 fully saturated rings. The Morgan fingerprint density at radius 1 is 1.48 bits per heavy atom.